The van der Waals surface area contributed by atoms with Gasteiger partial charge in [0.25, 0.3) is 0 Å². The Kier molecular flexibility index (Phi) is 10.1. The molecule has 0 atom stereocenters. The van der Waals surface area contributed by atoms with E-state index in [2.05, 4.69) is 40.3 Å². The highest BCUT2D eigenvalue weighted by Crippen LogP contribution is 2.36. The Morgan fingerprint density at radius 3 is 2.42 bits per heavy atom. The number of anilines is 1. The molecule has 2 aromatic rings. The summed E-state index contributed by atoms with van der Waals surface area (Å²) in [6.07, 6.45) is 0. The minimum absolute atomic E-state index is 0.408. The van der Waals surface area contributed by atoms with E-state index in [9.17, 15) is 5.26 Å². The third-order valence-electron chi connectivity index (χ3n) is 4.66. The molecule has 2 N–H and O–H groups in total. The van der Waals surface area contributed by atoms with Crippen LogP contribution in [0, 0.1) is 36.5 Å². The topological polar surface area (TPSA) is 120 Å². The lowest BCUT2D eigenvalue weighted by Gasteiger charge is -2.23. The van der Waals surface area contributed by atoms with Gasteiger partial charge < -0.3 is 20.1 Å². The van der Waals surface area contributed by atoms with Gasteiger partial charge in [-0.2, -0.15) is 10.5 Å². The molecule has 164 valence electrons. The standard InChI is InChI=1S/C22H28N6O2S/c1-4-28(8-10-30-12-11-29-9-7-23)18-5-6-20(16(2)13-18)26-27-22-19(14-24)17(3)21(15-25)31-22/h5-6,13H,4,7-12,23H2,1-3H3/b27-26+. The molecule has 1 aromatic carbocycles. The van der Waals surface area contributed by atoms with Crippen LogP contribution >= 0.6 is 11.3 Å². The van der Waals surface area contributed by atoms with Crippen molar-refractivity contribution >= 4 is 27.7 Å². The lowest BCUT2D eigenvalue weighted by atomic mass is 10.1. The number of rotatable bonds is 12. The van der Waals surface area contributed by atoms with Gasteiger partial charge in [-0.15, -0.1) is 21.6 Å². The molecule has 0 saturated carbocycles. The molecule has 0 unspecified atom stereocenters. The Balaban J connectivity index is 2.01. The quantitative estimate of drug-likeness (QED) is 0.387. The molecule has 0 aliphatic carbocycles. The first-order chi connectivity index (χ1) is 15.0. The van der Waals surface area contributed by atoms with E-state index in [4.69, 9.17) is 20.5 Å². The highest BCUT2D eigenvalue weighted by Gasteiger charge is 2.14. The maximum Gasteiger partial charge on any atom is 0.158 e. The number of hydrogen-bond acceptors (Lipinski definition) is 9. The average molecular weight is 441 g/mol. The molecule has 0 fully saturated rings. The number of benzene rings is 1. The summed E-state index contributed by atoms with van der Waals surface area (Å²) >= 11 is 1.18. The SMILES string of the molecule is CCN(CCOCCOCCN)c1ccc(/N=N/c2sc(C#N)c(C)c2C#N)c(C)c1. The van der Waals surface area contributed by atoms with E-state index >= 15 is 0 Å². The molecular formula is C22H28N6O2S. The van der Waals surface area contributed by atoms with Gasteiger partial charge in [-0.05, 0) is 50.1 Å². The molecule has 0 bridgehead atoms. The second kappa shape index (κ2) is 12.8. The number of thiophene rings is 1. The van der Waals surface area contributed by atoms with Gasteiger partial charge in [-0.3, -0.25) is 0 Å². The fraction of sp³-hybridized carbons (Fsp3) is 0.455. The Labute approximate surface area is 187 Å². The molecular weight excluding hydrogens is 412 g/mol. The largest absolute Gasteiger partial charge is 0.378 e. The Hall–Kier alpha value is -2.82. The summed E-state index contributed by atoms with van der Waals surface area (Å²) < 4.78 is 10.9. The number of ether oxygens (including phenoxy) is 2. The molecule has 0 aliphatic heterocycles. The van der Waals surface area contributed by atoms with Crippen LogP contribution < -0.4 is 10.6 Å². The summed E-state index contributed by atoms with van der Waals surface area (Å²) in [6.45, 7) is 10.2. The number of hydrogen-bond donors (Lipinski definition) is 1. The molecule has 0 aliphatic rings. The molecule has 9 heteroatoms. The maximum absolute atomic E-state index is 9.35. The minimum atomic E-state index is 0.408. The zero-order chi connectivity index (χ0) is 22.6. The van der Waals surface area contributed by atoms with Gasteiger partial charge in [0.15, 0.2) is 5.00 Å². The van der Waals surface area contributed by atoms with Crippen molar-refractivity contribution in [1.82, 2.24) is 0 Å². The van der Waals surface area contributed by atoms with E-state index in [0.717, 1.165) is 30.0 Å². The first-order valence-electron chi connectivity index (χ1n) is 10.1. The van der Waals surface area contributed by atoms with Gasteiger partial charge in [-0.1, -0.05) is 0 Å². The number of nitrogens with two attached hydrogens (primary N) is 1. The number of aryl methyl sites for hydroxylation is 1. The van der Waals surface area contributed by atoms with Gasteiger partial charge in [-0.25, -0.2) is 0 Å². The van der Waals surface area contributed by atoms with Crippen molar-refractivity contribution in [3.05, 3.63) is 39.8 Å². The second-order valence-corrected chi connectivity index (χ2v) is 7.72. The van der Waals surface area contributed by atoms with Gasteiger partial charge in [0.05, 0.1) is 37.7 Å². The van der Waals surface area contributed by atoms with Crippen molar-refractivity contribution in [2.24, 2.45) is 16.0 Å². The van der Waals surface area contributed by atoms with Crippen LogP contribution in [-0.4, -0.2) is 46.1 Å². The van der Waals surface area contributed by atoms with Gasteiger partial charge >= 0.3 is 0 Å². The predicted octanol–water partition coefficient (Wildman–Crippen LogP) is 4.34. The molecule has 0 amide bonds. The van der Waals surface area contributed by atoms with E-state index in [-0.39, 0.29) is 0 Å². The Bertz CT molecular complexity index is 974. The summed E-state index contributed by atoms with van der Waals surface area (Å²) in [5, 5.41) is 27.5. The molecule has 8 nitrogen and oxygen atoms in total. The highest BCUT2D eigenvalue weighted by atomic mass is 32.1. The van der Waals surface area contributed by atoms with E-state index < -0.39 is 0 Å². The third-order valence-corrected chi connectivity index (χ3v) is 5.74. The fourth-order valence-electron chi connectivity index (χ4n) is 2.90. The van der Waals surface area contributed by atoms with Crippen molar-refractivity contribution in [2.45, 2.75) is 20.8 Å². The van der Waals surface area contributed by atoms with E-state index in [1.165, 1.54) is 11.3 Å². The third kappa shape index (κ3) is 6.84. The van der Waals surface area contributed by atoms with Crippen molar-refractivity contribution in [3.8, 4) is 12.1 Å². The average Bonchev–Trinajstić information content (AvgIpc) is 3.09. The minimum Gasteiger partial charge on any atom is -0.378 e. The molecule has 0 radical (unpaired) electrons. The first-order valence-corrected chi connectivity index (χ1v) is 10.9. The van der Waals surface area contributed by atoms with Crippen LogP contribution in [-0.2, 0) is 9.47 Å². The summed E-state index contributed by atoms with van der Waals surface area (Å²) in [7, 11) is 0. The summed E-state index contributed by atoms with van der Waals surface area (Å²) in [5.41, 5.74) is 9.22. The zero-order valence-corrected chi connectivity index (χ0v) is 19.0. The lowest BCUT2D eigenvalue weighted by molar-refractivity contribution is 0.0534. The normalized spacial score (nSPS) is 10.9. The maximum atomic E-state index is 9.35. The predicted molar refractivity (Wildman–Crippen MR) is 122 cm³/mol. The summed E-state index contributed by atoms with van der Waals surface area (Å²) in [6, 6.07) is 10.2. The smallest absolute Gasteiger partial charge is 0.158 e. The molecule has 0 saturated heterocycles. The van der Waals surface area contributed by atoms with Crippen LogP contribution in [0.3, 0.4) is 0 Å². The fourth-order valence-corrected chi connectivity index (χ4v) is 3.78. The number of likely N-dealkylation sites (N-methyl/N-ethyl adjacent to an activating group) is 1. The van der Waals surface area contributed by atoms with Crippen LogP contribution in [0.4, 0.5) is 16.4 Å². The van der Waals surface area contributed by atoms with Crippen LogP contribution in [0.2, 0.25) is 0 Å². The van der Waals surface area contributed by atoms with E-state index in [1.807, 2.05) is 19.1 Å². The van der Waals surface area contributed by atoms with Crippen molar-refractivity contribution in [3.63, 3.8) is 0 Å². The second-order valence-electron chi connectivity index (χ2n) is 6.72. The molecule has 1 heterocycles. The van der Waals surface area contributed by atoms with Crippen molar-refractivity contribution in [1.29, 1.82) is 10.5 Å². The summed E-state index contributed by atoms with van der Waals surface area (Å²) in [5.74, 6) is 0. The van der Waals surface area contributed by atoms with Gasteiger partial charge in [0.1, 0.15) is 17.0 Å². The van der Waals surface area contributed by atoms with E-state index in [1.54, 1.807) is 6.92 Å². The monoisotopic (exact) mass is 440 g/mol. The van der Waals surface area contributed by atoms with Crippen molar-refractivity contribution in [2.75, 3.05) is 51.0 Å². The Morgan fingerprint density at radius 2 is 1.81 bits per heavy atom. The van der Waals surface area contributed by atoms with Crippen molar-refractivity contribution < 1.29 is 9.47 Å². The molecule has 1 aromatic heterocycles. The van der Waals surface area contributed by atoms with Gasteiger partial charge in [0.2, 0.25) is 0 Å². The van der Waals surface area contributed by atoms with Crippen LogP contribution in [0.1, 0.15) is 28.5 Å². The molecule has 0 spiro atoms. The zero-order valence-electron chi connectivity index (χ0n) is 18.2. The number of nitriles is 2. The van der Waals surface area contributed by atoms with Crippen LogP contribution in [0.15, 0.2) is 28.4 Å². The number of nitrogens with zero attached hydrogens (tertiary/aromatic N) is 5. The highest BCUT2D eigenvalue weighted by molar-refractivity contribution is 7.16. The summed E-state index contributed by atoms with van der Waals surface area (Å²) in [4.78, 5) is 2.72. The lowest BCUT2D eigenvalue weighted by Crippen LogP contribution is -2.27. The molecule has 31 heavy (non-hydrogen) atoms. The van der Waals surface area contributed by atoms with Gasteiger partial charge in [0, 0.05) is 25.3 Å². The van der Waals surface area contributed by atoms with E-state index in [0.29, 0.717) is 54.0 Å². The first kappa shape index (κ1) is 24.4. The van der Waals surface area contributed by atoms with Crippen LogP contribution in [0.5, 0.6) is 0 Å². The molecule has 2 rings (SSSR count). The van der Waals surface area contributed by atoms with Crippen LogP contribution in [0.25, 0.3) is 0 Å². The Morgan fingerprint density at radius 1 is 1.06 bits per heavy atom. The number of azo groups is 1.